The summed E-state index contributed by atoms with van der Waals surface area (Å²) in [5.41, 5.74) is 0. The minimum Gasteiger partial charge on any atom is 1.00 e. The van der Waals surface area contributed by atoms with Crippen molar-refractivity contribution >= 4 is 14.5 Å². The van der Waals surface area contributed by atoms with Gasteiger partial charge in [0, 0.05) is 0 Å². The second kappa shape index (κ2) is 15.7. The van der Waals surface area contributed by atoms with Crippen LogP contribution < -0.4 is 46.1 Å². The molecule has 0 aliphatic carbocycles. The molecule has 0 aliphatic heterocycles. The SMILES string of the molecule is O.O=[Se]([O-])[O-].[Li+].[Li+]. The monoisotopic (exact) mass is 160 g/mol. The molecule has 0 aliphatic rings. The molecule has 0 amide bonds. The quantitative estimate of drug-likeness (QED) is 0.328. The average molecular weight is 159 g/mol. The summed E-state index contributed by atoms with van der Waals surface area (Å²) in [6, 6.07) is 0. The Morgan fingerprint density at radius 3 is 1.14 bits per heavy atom. The van der Waals surface area contributed by atoms with E-state index in [9.17, 15) is 0 Å². The zero-order valence-corrected chi connectivity index (χ0v) is 5.85. The normalized spacial score (nSPS) is 5.00. The predicted molar refractivity (Wildman–Crippen MR) is 10.1 cm³/mol. The predicted octanol–water partition coefficient (Wildman–Crippen LogP) is -9.69. The zero-order chi connectivity index (χ0) is 3.58. The first kappa shape index (κ1) is 23.8. The van der Waals surface area contributed by atoms with Gasteiger partial charge in [0.15, 0.2) is 0 Å². The molecule has 2 N–H and O–H groups in total. The van der Waals surface area contributed by atoms with E-state index >= 15 is 0 Å². The van der Waals surface area contributed by atoms with Crippen molar-refractivity contribution in [2.45, 2.75) is 0 Å². The number of hydrogen-bond donors (Lipinski definition) is 0. The van der Waals surface area contributed by atoms with Gasteiger partial charge in [0.25, 0.3) is 0 Å². The van der Waals surface area contributed by atoms with E-state index in [0.717, 1.165) is 0 Å². The molecule has 4 nitrogen and oxygen atoms in total. The van der Waals surface area contributed by atoms with Gasteiger partial charge < -0.3 is 5.48 Å². The fraction of sp³-hybridized carbons (Fsp3) is 0. The van der Waals surface area contributed by atoms with Crippen LogP contribution in [0.25, 0.3) is 0 Å². The van der Waals surface area contributed by atoms with Crippen LogP contribution in [0.4, 0.5) is 0 Å². The van der Waals surface area contributed by atoms with Gasteiger partial charge in [0.2, 0.25) is 0 Å². The van der Waals surface area contributed by atoms with Crippen LogP contribution in [0.1, 0.15) is 0 Å². The molecular formula is H2Li2O4Se. The molecule has 0 aromatic heterocycles. The molecule has 0 rings (SSSR count). The maximum atomic E-state index is 8.54. The first-order chi connectivity index (χ1) is 1.73. The van der Waals surface area contributed by atoms with Crippen molar-refractivity contribution in [3.8, 4) is 0 Å². The largest absolute Gasteiger partial charge is 1.00 e. The molecule has 7 heteroatoms. The van der Waals surface area contributed by atoms with Gasteiger partial charge in [-0.3, -0.25) is 0 Å². The summed E-state index contributed by atoms with van der Waals surface area (Å²) >= 11 is -3.79. The minimum absolute atomic E-state index is 0. The second-order valence-corrected chi connectivity index (χ2v) is 1.06. The molecule has 0 aromatic carbocycles. The van der Waals surface area contributed by atoms with Crippen LogP contribution in [-0.2, 0) is 3.83 Å². The Balaban J connectivity index is -0.0000000150. The molecule has 0 unspecified atom stereocenters. The average Bonchev–Trinajstić information content (AvgIpc) is 0.811. The molecule has 7 heavy (non-hydrogen) atoms. The van der Waals surface area contributed by atoms with Crippen LogP contribution in [0.2, 0.25) is 0 Å². The van der Waals surface area contributed by atoms with E-state index in [-0.39, 0.29) is 43.2 Å². The van der Waals surface area contributed by atoms with Crippen LogP contribution in [0.3, 0.4) is 0 Å². The summed E-state index contributed by atoms with van der Waals surface area (Å²) in [5.74, 6) is 0. The molecule has 34 valence electrons. The molecule has 0 radical (unpaired) electrons. The van der Waals surface area contributed by atoms with Gasteiger partial charge in [0.05, 0.1) is 0 Å². The van der Waals surface area contributed by atoms with Crippen LogP contribution in [0.5, 0.6) is 0 Å². The van der Waals surface area contributed by atoms with Crippen LogP contribution in [0.15, 0.2) is 0 Å². The van der Waals surface area contributed by atoms with Crippen molar-refractivity contribution in [3.05, 3.63) is 0 Å². The fourth-order valence-electron chi connectivity index (χ4n) is 0. The third kappa shape index (κ3) is 111. The summed E-state index contributed by atoms with van der Waals surface area (Å²) < 4.78 is 25.6. The molecule has 0 aromatic rings. The Kier molecular flexibility index (Phi) is 53.2. The first-order valence-electron chi connectivity index (χ1n) is 0.500. The third-order valence-electron chi connectivity index (χ3n) is 0. The Hall–Kier alpha value is 1.39. The third-order valence-corrected chi connectivity index (χ3v) is 0. The Morgan fingerprint density at radius 2 is 1.14 bits per heavy atom. The van der Waals surface area contributed by atoms with E-state index in [2.05, 4.69) is 0 Å². The van der Waals surface area contributed by atoms with Gasteiger partial charge in [-0.2, -0.15) is 0 Å². The number of rotatable bonds is 0. The molecule has 0 atom stereocenters. The van der Waals surface area contributed by atoms with E-state index in [1.807, 2.05) is 0 Å². The summed E-state index contributed by atoms with van der Waals surface area (Å²) in [7, 11) is 0. The topological polar surface area (TPSA) is 94.7 Å². The minimum atomic E-state index is -3.79. The fourth-order valence-corrected chi connectivity index (χ4v) is 0. The van der Waals surface area contributed by atoms with Crippen LogP contribution >= 0.6 is 0 Å². The summed E-state index contributed by atoms with van der Waals surface area (Å²) in [6.07, 6.45) is 0. The van der Waals surface area contributed by atoms with Gasteiger partial charge in [-0.05, 0) is 0 Å². The summed E-state index contributed by atoms with van der Waals surface area (Å²) in [5, 5.41) is 0. The summed E-state index contributed by atoms with van der Waals surface area (Å²) in [4.78, 5) is 0. The molecular weight excluding hydrogens is 157 g/mol. The maximum Gasteiger partial charge on any atom is 1.00 e. The van der Waals surface area contributed by atoms with E-state index in [1.54, 1.807) is 0 Å². The first-order valence-corrected chi connectivity index (χ1v) is 2.60. The Morgan fingerprint density at radius 1 is 1.14 bits per heavy atom. The van der Waals surface area contributed by atoms with Gasteiger partial charge in [-0.25, -0.2) is 0 Å². The molecule has 0 fully saturated rings. The molecule has 0 saturated carbocycles. The smallest absolute Gasteiger partial charge is 1.00 e. The van der Waals surface area contributed by atoms with Crippen molar-refractivity contribution in [1.82, 2.24) is 0 Å². The zero-order valence-electron chi connectivity index (χ0n) is 4.13. The number of hydrogen-bond acceptors (Lipinski definition) is 3. The van der Waals surface area contributed by atoms with Crippen molar-refractivity contribution in [2.24, 2.45) is 0 Å². The van der Waals surface area contributed by atoms with E-state index in [1.165, 1.54) is 0 Å². The van der Waals surface area contributed by atoms with E-state index < -0.39 is 14.5 Å². The van der Waals surface area contributed by atoms with Gasteiger partial charge in [0.1, 0.15) is 0 Å². The summed E-state index contributed by atoms with van der Waals surface area (Å²) in [6.45, 7) is 0. The molecule has 0 saturated heterocycles. The van der Waals surface area contributed by atoms with Gasteiger partial charge in [-0.1, -0.05) is 0 Å². The standard InChI is InChI=1S/2Li.H2O3Se.H2O/c;;1-4(2)3;/h;;(H2,1,2,3);1H2/q2*+1;;/p-2. The van der Waals surface area contributed by atoms with Crippen LogP contribution in [0, 0.1) is 0 Å². The van der Waals surface area contributed by atoms with Crippen molar-refractivity contribution < 1.29 is 55.4 Å². The van der Waals surface area contributed by atoms with Crippen LogP contribution in [-0.4, -0.2) is 20.0 Å². The molecule has 0 bridgehead atoms. The Labute approximate surface area is 69.7 Å². The van der Waals surface area contributed by atoms with Crippen molar-refractivity contribution in [2.75, 3.05) is 0 Å². The van der Waals surface area contributed by atoms with Crippen molar-refractivity contribution in [1.29, 1.82) is 0 Å². The second-order valence-electron chi connectivity index (χ2n) is 0.204. The maximum absolute atomic E-state index is 8.54. The molecule has 0 heterocycles. The van der Waals surface area contributed by atoms with Crippen molar-refractivity contribution in [3.63, 3.8) is 0 Å². The van der Waals surface area contributed by atoms with Gasteiger partial charge in [-0.15, -0.1) is 0 Å². The molecule has 0 spiro atoms. The van der Waals surface area contributed by atoms with E-state index in [0.29, 0.717) is 0 Å². The Bertz CT molecular complexity index is 32.7. The van der Waals surface area contributed by atoms with E-state index in [4.69, 9.17) is 12.2 Å². The van der Waals surface area contributed by atoms with Gasteiger partial charge >= 0.3 is 64.4 Å².